The summed E-state index contributed by atoms with van der Waals surface area (Å²) in [5, 5.41) is 17.9. The number of rotatable bonds is 6. The number of nitrogens with zero attached hydrogens (tertiary/aromatic N) is 1. The lowest BCUT2D eigenvalue weighted by molar-refractivity contribution is -0.156. The molecule has 0 aromatic heterocycles. The quantitative estimate of drug-likeness (QED) is 0.715. The number of hydrogen-bond acceptors (Lipinski definition) is 4. The summed E-state index contributed by atoms with van der Waals surface area (Å²) in [5.41, 5.74) is 0. The van der Waals surface area contributed by atoms with Gasteiger partial charge in [0.05, 0.1) is 5.92 Å². The van der Waals surface area contributed by atoms with Crippen LogP contribution in [0.15, 0.2) is 0 Å². The maximum atomic E-state index is 12.2. The van der Waals surface area contributed by atoms with Crippen molar-refractivity contribution < 1.29 is 29.3 Å². The number of aliphatic carboxylic acids is 2. The van der Waals surface area contributed by atoms with Crippen LogP contribution in [0.1, 0.15) is 26.7 Å². The van der Waals surface area contributed by atoms with Crippen LogP contribution in [0.3, 0.4) is 0 Å². The lowest BCUT2D eigenvalue weighted by atomic mass is 10.1. The van der Waals surface area contributed by atoms with Crippen molar-refractivity contribution >= 4 is 17.8 Å². The summed E-state index contributed by atoms with van der Waals surface area (Å²) in [6.07, 6.45) is 0.645. The third-order valence-corrected chi connectivity index (χ3v) is 3.21. The standard InChI is InChI=1S/C12H19NO6/c1-7(11(15)16)6-13(8(2)12(17)18)10(14)9-4-3-5-19-9/h7-9H,3-6H2,1-2H3,(H,15,16)(H,17,18). The molecule has 1 rings (SSSR count). The molecule has 1 saturated heterocycles. The number of carbonyl (C=O) groups excluding carboxylic acids is 1. The van der Waals surface area contributed by atoms with Gasteiger partial charge >= 0.3 is 11.9 Å². The van der Waals surface area contributed by atoms with Crippen molar-refractivity contribution in [3.63, 3.8) is 0 Å². The topological polar surface area (TPSA) is 104 Å². The van der Waals surface area contributed by atoms with Gasteiger partial charge in [-0.2, -0.15) is 0 Å². The minimum absolute atomic E-state index is 0.137. The molecule has 1 aliphatic heterocycles. The Kier molecular flexibility index (Phi) is 5.29. The Morgan fingerprint density at radius 2 is 1.89 bits per heavy atom. The van der Waals surface area contributed by atoms with E-state index in [0.29, 0.717) is 13.0 Å². The summed E-state index contributed by atoms with van der Waals surface area (Å²) < 4.78 is 5.24. The summed E-state index contributed by atoms with van der Waals surface area (Å²) in [7, 11) is 0. The molecule has 1 amide bonds. The zero-order chi connectivity index (χ0) is 14.6. The molecule has 0 radical (unpaired) electrons. The molecule has 3 unspecified atom stereocenters. The predicted octanol–water partition coefficient (Wildman–Crippen LogP) is 0.188. The van der Waals surface area contributed by atoms with Crippen molar-refractivity contribution in [2.45, 2.75) is 38.8 Å². The summed E-state index contributed by atoms with van der Waals surface area (Å²) >= 11 is 0. The SMILES string of the molecule is CC(CN(C(=O)C1CCCO1)C(C)C(=O)O)C(=O)O. The van der Waals surface area contributed by atoms with E-state index in [4.69, 9.17) is 14.9 Å². The van der Waals surface area contributed by atoms with Gasteiger partial charge in [-0.1, -0.05) is 6.92 Å². The van der Waals surface area contributed by atoms with Crippen LogP contribution in [0.2, 0.25) is 0 Å². The molecule has 0 aliphatic carbocycles. The molecule has 3 atom stereocenters. The van der Waals surface area contributed by atoms with Crippen LogP contribution in [0.5, 0.6) is 0 Å². The van der Waals surface area contributed by atoms with Gasteiger partial charge < -0.3 is 19.8 Å². The van der Waals surface area contributed by atoms with E-state index in [1.54, 1.807) is 0 Å². The van der Waals surface area contributed by atoms with Crippen molar-refractivity contribution in [1.82, 2.24) is 4.90 Å². The van der Waals surface area contributed by atoms with Crippen LogP contribution < -0.4 is 0 Å². The maximum absolute atomic E-state index is 12.2. The van der Waals surface area contributed by atoms with Crippen LogP contribution in [0.4, 0.5) is 0 Å². The number of amides is 1. The van der Waals surface area contributed by atoms with E-state index in [-0.39, 0.29) is 6.54 Å². The molecular weight excluding hydrogens is 254 g/mol. The van der Waals surface area contributed by atoms with Gasteiger partial charge in [0.25, 0.3) is 5.91 Å². The number of carbonyl (C=O) groups is 3. The summed E-state index contributed by atoms with van der Waals surface area (Å²) in [4.78, 5) is 35.2. The summed E-state index contributed by atoms with van der Waals surface area (Å²) in [6, 6.07) is -1.07. The highest BCUT2D eigenvalue weighted by molar-refractivity contribution is 5.86. The summed E-state index contributed by atoms with van der Waals surface area (Å²) in [6.45, 7) is 3.14. The monoisotopic (exact) mass is 273 g/mol. The minimum atomic E-state index is -1.16. The average Bonchev–Trinajstić information content (AvgIpc) is 2.87. The molecule has 108 valence electrons. The van der Waals surface area contributed by atoms with E-state index in [2.05, 4.69) is 0 Å². The molecule has 0 bridgehead atoms. The van der Waals surface area contributed by atoms with Crippen LogP contribution in [-0.4, -0.2) is 58.3 Å². The first-order valence-corrected chi connectivity index (χ1v) is 6.22. The molecule has 0 saturated carbocycles. The Morgan fingerprint density at radius 1 is 1.26 bits per heavy atom. The zero-order valence-electron chi connectivity index (χ0n) is 11.0. The van der Waals surface area contributed by atoms with Gasteiger partial charge in [0, 0.05) is 13.2 Å². The van der Waals surface area contributed by atoms with Gasteiger partial charge in [-0.3, -0.25) is 9.59 Å². The van der Waals surface area contributed by atoms with Gasteiger partial charge in [-0.25, -0.2) is 4.79 Å². The highest BCUT2D eigenvalue weighted by Crippen LogP contribution is 2.17. The highest BCUT2D eigenvalue weighted by atomic mass is 16.5. The molecule has 0 aromatic rings. The Labute approximate surface area is 111 Å². The normalized spacial score (nSPS) is 21.7. The van der Waals surface area contributed by atoms with Crippen LogP contribution in [-0.2, 0) is 19.1 Å². The number of carboxylic acids is 2. The fourth-order valence-electron chi connectivity index (χ4n) is 1.90. The van der Waals surface area contributed by atoms with Gasteiger partial charge in [-0.05, 0) is 19.8 Å². The lowest BCUT2D eigenvalue weighted by Crippen LogP contribution is -2.50. The molecule has 7 nitrogen and oxygen atoms in total. The lowest BCUT2D eigenvalue weighted by Gasteiger charge is -2.30. The van der Waals surface area contributed by atoms with Crippen LogP contribution in [0, 0.1) is 5.92 Å². The third-order valence-electron chi connectivity index (χ3n) is 3.21. The molecular formula is C12H19NO6. The van der Waals surface area contributed by atoms with Crippen molar-refractivity contribution in [2.75, 3.05) is 13.2 Å². The van der Waals surface area contributed by atoms with Crippen molar-refractivity contribution in [1.29, 1.82) is 0 Å². The van der Waals surface area contributed by atoms with Crippen molar-refractivity contribution in [2.24, 2.45) is 5.92 Å². The van der Waals surface area contributed by atoms with Crippen LogP contribution >= 0.6 is 0 Å². The number of carboxylic acid groups (broad SMARTS) is 2. The highest BCUT2D eigenvalue weighted by Gasteiger charge is 2.34. The van der Waals surface area contributed by atoms with Gasteiger partial charge in [-0.15, -0.1) is 0 Å². The van der Waals surface area contributed by atoms with E-state index in [1.165, 1.54) is 13.8 Å². The number of ether oxygens (including phenoxy) is 1. The fraction of sp³-hybridized carbons (Fsp3) is 0.750. The molecule has 1 heterocycles. The second kappa shape index (κ2) is 6.51. The molecule has 0 spiro atoms. The van der Waals surface area contributed by atoms with E-state index in [0.717, 1.165) is 11.3 Å². The van der Waals surface area contributed by atoms with E-state index >= 15 is 0 Å². The smallest absolute Gasteiger partial charge is 0.326 e. The van der Waals surface area contributed by atoms with E-state index in [9.17, 15) is 14.4 Å². The molecule has 0 aromatic carbocycles. The first-order chi connectivity index (χ1) is 8.84. The molecule has 19 heavy (non-hydrogen) atoms. The van der Waals surface area contributed by atoms with Crippen molar-refractivity contribution in [3.05, 3.63) is 0 Å². The predicted molar refractivity (Wildman–Crippen MR) is 64.6 cm³/mol. The number of hydrogen-bond donors (Lipinski definition) is 2. The van der Waals surface area contributed by atoms with Gasteiger partial charge in [0.15, 0.2) is 0 Å². The van der Waals surface area contributed by atoms with Crippen LogP contribution in [0.25, 0.3) is 0 Å². The first kappa shape index (κ1) is 15.4. The Balaban J connectivity index is 2.81. The average molecular weight is 273 g/mol. The molecule has 7 heteroatoms. The van der Waals surface area contributed by atoms with Gasteiger partial charge in [0.1, 0.15) is 12.1 Å². The molecule has 1 fully saturated rings. The fourth-order valence-corrected chi connectivity index (χ4v) is 1.90. The second-order valence-electron chi connectivity index (χ2n) is 4.75. The molecule has 2 N–H and O–H groups in total. The maximum Gasteiger partial charge on any atom is 0.326 e. The Hall–Kier alpha value is -1.63. The zero-order valence-corrected chi connectivity index (χ0v) is 11.0. The first-order valence-electron chi connectivity index (χ1n) is 6.22. The van der Waals surface area contributed by atoms with Gasteiger partial charge in [0.2, 0.25) is 0 Å². The summed E-state index contributed by atoms with van der Waals surface area (Å²) in [5.74, 6) is -3.50. The molecule has 1 aliphatic rings. The second-order valence-corrected chi connectivity index (χ2v) is 4.75. The minimum Gasteiger partial charge on any atom is -0.481 e. The van der Waals surface area contributed by atoms with E-state index < -0.39 is 35.9 Å². The Bertz CT molecular complexity index is 363. The Morgan fingerprint density at radius 3 is 2.32 bits per heavy atom. The van der Waals surface area contributed by atoms with Crippen molar-refractivity contribution in [3.8, 4) is 0 Å². The van der Waals surface area contributed by atoms with E-state index in [1.807, 2.05) is 0 Å². The third kappa shape index (κ3) is 3.92. The largest absolute Gasteiger partial charge is 0.481 e.